The fraction of sp³-hybridized carbons (Fsp3) is 0.455. The molecule has 1 aromatic heterocycles. The minimum absolute atomic E-state index is 0.485. The van der Waals surface area contributed by atoms with Crippen molar-refractivity contribution in [2.45, 2.75) is 6.54 Å². The van der Waals surface area contributed by atoms with E-state index in [4.69, 9.17) is 15.3 Å². The number of nitrogens with two attached hydrogens (primary N) is 1. The van der Waals surface area contributed by atoms with E-state index in [1.165, 1.54) is 0 Å². The summed E-state index contributed by atoms with van der Waals surface area (Å²) < 4.78 is 9.95. The van der Waals surface area contributed by atoms with Crippen LogP contribution in [0.5, 0.6) is 5.88 Å². The largest absolute Gasteiger partial charge is 0.481 e. The molecule has 7 nitrogen and oxygen atoms in total. The van der Waals surface area contributed by atoms with Gasteiger partial charge in [-0.2, -0.15) is 0 Å². The van der Waals surface area contributed by atoms with Crippen LogP contribution in [-0.4, -0.2) is 38.3 Å². The number of nitrogens with zero attached hydrogens (tertiary/aromatic N) is 2. The van der Waals surface area contributed by atoms with Crippen molar-refractivity contribution in [1.29, 1.82) is 0 Å². The average molecular weight is 253 g/mol. The van der Waals surface area contributed by atoms with Crippen molar-refractivity contribution < 1.29 is 9.47 Å². The highest BCUT2D eigenvalue weighted by Gasteiger charge is 1.98. The molecule has 0 fully saturated rings. The van der Waals surface area contributed by atoms with E-state index in [0.717, 1.165) is 5.56 Å². The minimum Gasteiger partial charge on any atom is -0.481 e. The first-order valence-corrected chi connectivity index (χ1v) is 5.53. The molecule has 0 saturated carbocycles. The van der Waals surface area contributed by atoms with Gasteiger partial charge in [-0.1, -0.05) is 0 Å². The number of aromatic nitrogens is 1. The maximum Gasteiger partial charge on any atom is 0.213 e. The van der Waals surface area contributed by atoms with Crippen LogP contribution in [0, 0.1) is 0 Å². The molecule has 0 radical (unpaired) electrons. The Morgan fingerprint density at radius 2 is 2.33 bits per heavy atom. The van der Waals surface area contributed by atoms with Crippen LogP contribution >= 0.6 is 0 Å². The number of nitrogens with one attached hydrogen (secondary N) is 2. The first-order chi connectivity index (χ1) is 8.80. The van der Waals surface area contributed by atoms with Gasteiger partial charge >= 0.3 is 0 Å². The zero-order chi connectivity index (χ0) is 13.2. The average Bonchev–Trinajstić information content (AvgIpc) is 2.43. The van der Waals surface area contributed by atoms with Gasteiger partial charge in [0.05, 0.1) is 20.3 Å². The molecule has 0 spiro atoms. The van der Waals surface area contributed by atoms with Gasteiger partial charge < -0.3 is 14.8 Å². The second-order valence-corrected chi connectivity index (χ2v) is 3.44. The van der Waals surface area contributed by atoms with Crippen molar-refractivity contribution in [1.82, 2.24) is 15.7 Å². The number of aliphatic imine (C=N–C) groups is 1. The summed E-state index contributed by atoms with van der Waals surface area (Å²) in [6.45, 7) is 1.71. The van der Waals surface area contributed by atoms with E-state index >= 15 is 0 Å². The Morgan fingerprint density at radius 1 is 1.50 bits per heavy atom. The van der Waals surface area contributed by atoms with Crippen molar-refractivity contribution >= 4 is 5.96 Å². The van der Waals surface area contributed by atoms with Crippen molar-refractivity contribution in [3.05, 3.63) is 23.9 Å². The van der Waals surface area contributed by atoms with E-state index in [2.05, 4.69) is 20.7 Å². The molecule has 0 saturated heterocycles. The Hall–Kier alpha value is -1.86. The molecule has 1 rings (SSSR count). The summed E-state index contributed by atoms with van der Waals surface area (Å²) >= 11 is 0. The van der Waals surface area contributed by atoms with Crippen molar-refractivity contribution in [2.24, 2.45) is 10.8 Å². The van der Waals surface area contributed by atoms with E-state index < -0.39 is 0 Å². The standard InChI is InChI=1S/C11H19N5O2/c1-17-6-5-14-11(16-12)15-8-9-3-4-13-10(7-9)18-2/h3-4,7H,5-6,8,12H2,1-2H3,(H2,14,15,16). The number of methoxy groups -OCH3 is 2. The summed E-state index contributed by atoms with van der Waals surface area (Å²) in [6, 6.07) is 3.70. The maximum absolute atomic E-state index is 5.35. The normalized spacial score (nSPS) is 11.2. The van der Waals surface area contributed by atoms with E-state index in [1.807, 2.05) is 12.1 Å². The Labute approximate surface area is 106 Å². The zero-order valence-corrected chi connectivity index (χ0v) is 10.6. The van der Waals surface area contributed by atoms with Crippen LogP contribution in [0.4, 0.5) is 0 Å². The first-order valence-electron chi connectivity index (χ1n) is 5.53. The highest BCUT2D eigenvalue weighted by molar-refractivity contribution is 5.79. The Kier molecular flexibility index (Phi) is 6.52. The van der Waals surface area contributed by atoms with Crippen LogP contribution in [0.15, 0.2) is 23.3 Å². The maximum atomic E-state index is 5.35. The number of hydrogen-bond donors (Lipinski definition) is 3. The zero-order valence-electron chi connectivity index (χ0n) is 10.6. The van der Waals surface area contributed by atoms with E-state index in [-0.39, 0.29) is 0 Å². The summed E-state index contributed by atoms with van der Waals surface area (Å²) in [7, 11) is 3.21. The summed E-state index contributed by atoms with van der Waals surface area (Å²) in [5.74, 6) is 6.44. The molecule has 18 heavy (non-hydrogen) atoms. The van der Waals surface area contributed by atoms with Gasteiger partial charge in [0.25, 0.3) is 0 Å². The van der Waals surface area contributed by atoms with Gasteiger partial charge in [-0.25, -0.2) is 15.8 Å². The number of guanidine groups is 1. The summed E-state index contributed by atoms with van der Waals surface area (Å²) in [5, 5.41) is 3.01. The third-order valence-electron chi connectivity index (χ3n) is 2.16. The van der Waals surface area contributed by atoms with Crippen LogP contribution in [0.3, 0.4) is 0 Å². The fourth-order valence-electron chi connectivity index (χ4n) is 1.25. The molecule has 0 bridgehead atoms. The number of hydrogen-bond acceptors (Lipinski definition) is 5. The Morgan fingerprint density at radius 3 is 3.00 bits per heavy atom. The van der Waals surface area contributed by atoms with Gasteiger partial charge in [-0.3, -0.25) is 5.43 Å². The molecule has 0 unspecified atom stereocenters. The van der Waals surface area contributed by atoms with Crippen molar-refractivity contribution in [2.75, 3.05) is 27.4 Å². The Balaban J connectivity index is 2.53. The molecule has 1 heterocycles. The van der Waals surface area contributed by atoms with Crippen molar-refractivity contribution in [3.63, 3.8) is 0 Å². The first kappa shape index (κ1) is 14.2. The number of ether oxygens (including phenoxy) is 2. The van der Waals surface area contributed by atoms with Crippen LogP contribution in [0.1, 0.15) is 5.56 Å². The second kappa shape index (κ2) is 8.26. The summed E-state index contributed by atoms with van der Waals surface area (Å²) in [6.07, 6.45) is 1.68. The molecule has 100 valence electrons. The Bertz CT molecular complexity index is 383. The lowest BCUT2D eigenvalue weighted by molar-refractivity contribution is 0.203. The van der Waals surface area contributed by atoms with Gasteiger partial charge in [0.2, 0.25) is 11.8 Å². The minimum atomic E-state index is 0.485. The van der Waals surface area contributed by atoms with E-state index in [0.29, 0.717) is 31.5 Å². The lowest BCUT2D eigenvalue weighted by atomic mass is 10.3. The molecule has 0 aliphatic rings. The van der Waals surface area contributed by atoms with E-state index in [1.54, 1.807) is 20.4 Å². The van der Waals surface area contributed by atoms with Gasteiger partial charge in [-0.15, -0.1) is 0 Å². The predicted octanol–water partition coefficient (Wildman–Crippen LogP) is -0.354. The lowest BCUT2D eigenvalue weighted by Crippen LogP contribution is -2.42. The van der Waals surface area contributed by atoms with Crippen molar-refractivity contribution in [3.8, 4) is 5.88 Å². The predicted molar refractivity (Wildman–Crippen MR) is 69.1 cm³/mol. The molecular weight excluding hydrogens is 234 g/mol. The SMILES string of the molecule is COCCNC(=NCc1ccnc(OC)c1)NN. The van der Waals surface area contributed by atoms with Gasteiger partial charge in [0.15, 0.2) is 0 Å². The molecule has 7 heteroatoms. The third kappa shape index (κ3) is 4.98. The monoisotopic (exact) mass is 253 g/mol. The fourth-order valence-corrected chi connectivity index (χ4v) is 1.25. The summed E-state index contributed by atoms with van der Waals surface area (Å²) in [5.41, 5.74) is 3.49. The quantitative estimate of drug-likeness (QED) is 0.211. The highest BCUT2D eigenvalue weighted by Crippen LogP contribution is 2.09. The molecule has 0 atom stereocenters. The van der Waals surface area contributed by atoms with Crippen LogP contribution in [0.25, 0.3) is 0 Å². The number of pyridine rings is 1. The van der Waals surface area contributed by atoms with Crippen LogP contribution < -0.4 is 21.3 Å². The smallest absolute Gasteiger partial charge is 0.213 e. The lowest BCUT2D eigenvalue weighted by Gasteiger charge is -2.08. The molecule has 0 amide bonds. The summed E-state index contributed by atoms with van der Waals surface area (Å²) in [4.78, 5) is 8.31. The van der Waals surface area contributed by atoms with Gasteiger partial charge in [0.1, 0.15) is 0 Å². The second-order valence-electron chi connectivity index (χ2n) is 3.44. The van der Waals surface area contributed by atoms with Gasteiger partial charge in [-0.05, 0) is 11.6 Å². The number of rotatable bonds is 6. The van der Waals surface area contributed by atoms with Gasteiger partial charge in [0, 0.05) is 25.9 Å². The molecular formula is C11H19N5O2. The topological polar surface area (TPSA) is 93.8 Å². The molecule has 4 N–H and O–H groups in total. The molecule has 0 aliphatic heterocycles. The van der Waals surface area contributed by atoms with Crippen LogP contribution in [0.2, 0.25) is 0 Å². The highest BCUT2D eigenvalue weighted by atomic mass is 16.5. The molecule has 1 aromatic rings. The van der Waals surface area contributed by atoms with Crippen LogP contribution in [-0.2, 0) is 11.3 Å². The van der Waals surface area contributed by atoms with E-state index in [9.17, 15) is 0 Å². The number of hydrazine groups is 1. The molecule has 0 aliphatic carbocycles. The third-order valence-corrected chi connectivity index (χ3v) is 2.16. The molecule has 0 aromatic carbocycles.